The van der Waals surface area contributed by atoms with Crippen LogP contribution in [0.5, 0.6) is 0 Å². The van der Waals surface area contributed by atoms with Gasteiger partial charge < -0.3 is 10.4 Å². The van der Waals surface area contributed by atoms with Gasteiger partial charge in [0.05, 0.1) is 5.69 Å². The maximum absolute atomic E-state index is 13.9. The smallest absolute Gasteiger partial charge is 0.243 e. The van der Waals surface area contributed by atoms with Crippen LogP contribution in [0.25, 0.3) is 0 Å². The van der Waals surface area contributed by atoms with E-state index in [0.29, 0.717) is 12.0 Å². The van der Waals surface area contributed by atoms with E-state index in [1.807, 2.05) is 12.2 Å². The van der Waals surface area contributed by atoms with Crippen molar-refractivity contribution in [1.29, 1.82) is 0 Å². The molecule has 5 nitrogen and oxygen atoms in total. The van der Waals surface area contributed by atoms with Gasteiger partial charge in [-0.15, -0.1) is 0 Å². The number of hydrogen-bond donors (Lipinski definition) is 3. The van der Waals surface area contributed by atoms with Gasteiger partial charge in [0.2, 0.25) is 10.0 Å². The van der Waals surface area contributed by atoms with Crippen LogP contribution in [0.15, 0.2) is 29.2 Å². The second-order valence-corrected chi connectivity index (χ2v) is 6.48. The summed E-state index contributed by atoms with van der Waals surface area (Å²) in [6, 6.07) is 2.52. The highest BCUT2D eigenvalue weighted by molar-refractivity contribution is 7.89. The Hall–Kier alpha value is -1.44. The number of rotatable bonds is 4. The molecule has 1 aromatic carbocycles. The number of nitrogens with one attached hydrogen (secondary N) is 1. The molecule has 0 unspecified atom stereocenters. The highest BCUT2D eigenvalue weighted by Gasteiger charge is 2.24. The standard InChI is InChI=1S/C13H17FN2O3S/c1-8-4-11(14)13(20(15,18)19)12(5-8)16-10-3-2-9(6-10)7-17/h2-5,9-10,16-17H,6-7H2,1H3,(H2,15,18,19)/t9-,10+/m0/s1. The van der Waals surface area contributed by atoms with Gasteiger partial charge in [-0.25, -0.2) is 17.9 Å². The molecule has 0 aromatic heterocycles. The number of anilines is 1. The van der Waals surface area contributed by atoms with Crippen LogP contribution in [0.2, 0.25) is 0 Å². The first kappa shape index (κ1) is 15.0. The van der Waals surface area contributed by atoms with Crippen molar-refractivity contribution < 1.29 is 17.9 Å². The largest absolute Gasteiger partial charge is 0.396 e. The van der Waals surface area contributed by atoms with Gasteiger partial charge in [-0.1, -0.05) is 12.2 Å². The van der Waals surface area contributed by atoms with Crippen LogP contribution < -0.4 is 10.5 Å². The fourth-order valence-electron chi connectivity index (χ4n) is 2.34. The Labute approximate surface area is 117 Å². The zero-order valence-electron chi connectivity index (χ0n) is 11.0. The summed E-state index contributed by atoms with van der Waals surface area (Å²) in [5, 5.41) is 17.1. The molecule has 0 saturated carbocycles. The first-order valence-electron chi connectivity index (χ1n) is 6.20. The molecule has 2 rings (SSSR count). The fourth-order valence-corrected chi connectivity index (χ4v) is 3.10. The van der Waals surface area contributed by atoms with Crippen molar-refractivity contribution in [2.24, 2.45) is 11.1 Å². The van der Waals surface area contributed by atoms with Gasteiger partial charge in [-0.2, -0.15) is 0 Å². The predicted molar refractivity (Wildman–Crippen MR) is 74.3 cm³/mol. The summed E-state index contributed by atoms with van der Waals surface area (Å²) >= 11 is 0. The molecule has 0 fully saturated rings. The van der Waals surface area contributed by atoms with E-state index in [9.17, 15) is 12.8 Å². The van der Waals surface area contributed by atoms with E-state index in [2.05, 4.69) is 5.32 Å². The van der Waals surface area contributed by atoms with Crippen molar-refractivity contribution in [2.75, 3.05) is 11.9 Å². The lowest BCUT2D eigenvalue weighted by molar-refractivity contribution is 0.250. The summed E-state index contributed by atoms with van der Waals surface area (Å²) in [6.07, 6.45) is 4.30. The number of aliphatic hydroxyl groups excluding tert-OH is 1. The third-order valence-electron chi connectivity index (χ3n) is 3.22. The van der Waals surface area contributed by atoms with E-state index in [4.69, 9.17) is 10.2 Å². The summed E-state index contributed by atoms with van der Waals surface area (Å²) in [5.41, 5.74) is 0.747. The number of hydrogen-bond acceptors (Lipinski definition) is 4. The average Bonchev–Trinajstić information content (AvgIpc) is 2.73. The number of halogens is 1. The van der Waals surface area contributed by atoms with Crippen molar-refractivity contribution in [1.82, 2.24) is 0 Å². The summed E-state index contributed by atoms with van der Waals surface area (Å²) in [5.74, 6) is -0.837. The van der Waals surface area contributed by atoms with Gasteiger partial charge >= 0.3 is 0 Å². The van der Waals surface area contributed by atoms with Crippen molar-refractivity contribution in [2.45, 2.75) is 24.3 Å². The van der Waals surface area contributed by atoms with Gasteiger partial charge in [-0.3, -0.25) is 0 Å². The molecule has 0 bridgehead atoms. The van der Waals surface area contributed by atoms with Crippen molar-refractivity contribution in [3.63, 3.8) is 0 Å². The molecule has 0 saturated heterocycles. The Bertz CT molecular complexity index is 643. The Morgan fingerprint density at radius 1 is 1.45 bits per heavy atom. The number of aliphatic hydroxyl groups is 1. The molecule has 4 N–H and O–H groups in total. The lowest BCUT2D eigenvalue weighted by Crippen LogP contribution is -2.22. The van der Waals surface area contributed by atoms with E-state index in [1.54, 1.807) is 13.0 Å². The fraction of sp³-hybridized carbons (Fsp3) is 0.385. The van der Waals surface area contributed by atoms with Crippen LogP contribution in [-0.4, -0.2) is 26.2 Å². The first-order valence-corrected chi connectivity index (χ1v) is 7.74. The molecule has 0 heterocycles. The zero-order chi connectivity index (χ0) is 14.9. The highest BCUT2D eigenvalue weighted by Crippen LogP contribution is 2.28. The number of primary sulfonamides is 1. The second kappa shape index (κ2) is 5.51. The van der Waals surface area contributed by atoms with Crippen LogP contribution in [0.4, 0.5) is 10.1 Å². The lowest BCUT2D eigenvalue weighted by atomic mass is 10.1. The minimum absolute atomic E-state index is 0.0267. The normalized spacial score (nSPS) is 22.2. The maximum atomic E-state index is 13.9. The quantitative estimate of drug-likeness (QED) is 0.727. The molecule has 1 aliphatic carbocycles. The van der Waals surface area contributed by atoms with Crippen LogP contribution >= 0.6 is 0 Å². The number of nitrogens with two attached hydrogens (primary N) is 1. The van der Waals surface area contributed by atoms with E-state index in [1.165, 1.54) is 0 Å². The van der Waals surface area contributed by atoms with Crippen LogP contribution in [0.3, 0.4) is 0 Å². The van der Waals surface area contributed by atoms with Gasteiger partial charge in [0.25, 0.3) is 0 Å². The van der Waals surface area contributed by atoms with Gasteiger partial charge in [0.15, 0.2) is 0 Å². The molecule has 2 atom stereocenters. The SMILES string of the molecule is Cc1cc(F)c(S(N)(=O)=O)c(N[C@@H]2C=C[C@H](CO)C2)c1. The average molecular weight is 300 g/mol. The Balaban J connectivity index is 2.35. The van der Waals surface area contributed by atoms with Crippen LogP contribution in [0, 0.1) is 18.7 Å². The Morgan fingerprint density at radius 3 is 2.70 bits per heavy atom. The predicted octanol–water partition coefficient (Wildman–Crippen LogP) is 1.13. The van der Waals surface area contributed by atoms with E-state index in [0.717, 1.165) is 6.07 Å². The number of sulfonamides is 1. The molecule has 110 valence electrons. The van der Waals surface area contributed by atoms with E-state index >= 15 is 0 Å². The molecule has 0 radical (unpaired) electrons. The number of aryl methyl sites for hydroxylation is 1. The third-order valence-corrected chi connectivity index (χ3v) is 4.20. The molecule has 20 heavy (non-hydrogen) atoms. The third kappa shape index (κ3) is 3.17. The van der Waals surface area contributed by atoms with Crippen LogP contribution in [-0.2, 0) is 10.0 Å². The maximum Gasteiger partial charge on any atom is 0.243 e. The number of benzene rings is 1. The molecular formula is C13H17FN2O3S. The first-order chi connectivity index (χ1) is 9.31. The topological polar surface area (TPSA) is 92.4 Å². The van der Waals surface area contributed by atoms with Gasteiger partial charge in [-0.05, 0) is 31.0 Å². The van der Waals surface area contributed by atoms with Crippen molar-refractivity contribution in [3.8, 4) is 0 Å². The van der Waals surface area contributed by atoms with E-state index in [-0.39, 0.29) is 24.3 Å². The molecule has 0 spiro atoms. The van der Waals surface area contributed by atoms with Crippen molar-refractivity contribution in [3.05, 3.63) is 35.7 Å². The van der Waals surface area contributed by atoms with Gasteiger partial charge in [0, 0.05) is 18.6 Å². The van der Waals surface area contributed by atoms with Crippen LogP contribution in [0.1, 0.15) is 12.0 Å². The minimum Gasteiger partial charge on any atom is -0.396 e. The summed E-state index contributed by atoms with van der Waals surface area (Å²) in [7, 11) is -4.15. The molecule has 7 heteroatoms. The molecule has 0 amide bonds. The minimum atomic E-state index is -4.15. The van der Waals surface area contributed by atoms with Gasteiger partial charge in [0.1, 0.15) is 10.7 Å². The summed E-state index contributed by atoms with van der Waals surface area (Å²) < 4.78 is 36.9. The monoisotopic (exact) mass is 300 g/mol. The summed E-state index contributed by atoms with van der Waals surface area (Å²) in [6.45, 7) is 1.70. The lowest BCUT2D eigenvalue weighted by Gasteiger charge is -2.17. The Morgan fingerprint density at radius 2 is 2.15 bits per heavy atom. The molecular weight excluding hydrogens is 283 g/mol. The molecule has 1 aliphatic rings. The van der Waals surface area contributed by atoms with E-state index < -0.39 is 20.7 Å². The molecule has 1 aromatic rings. The molecule has 0 aliphatic heterocycles. The second-order valence-electron chi connectivity index (χ2n) is 4.98. The highest BCUT2D eigenvalue weighted by atomic mass is 32.2. The summed E-state index contributed by atoms with van der Waals surface area (Å²) in [4.78, 5) is -0.524. The Kier molecular flexibility index (Phi) is 4.12. The van der Waals surface area contributed by atoms with Crippen molar-refractivity contribution >= 4 is 15.7 Å². The zero-order valence-corrected chi connectivity index (χ0v) is 11.8.